The highest BCUT2D eigenvalue weighted by Gasteiger charge is 2.18. The fraction of sp³-hybridized carbons (Fsp3) is 0.533. The van der Waals surface area contributed by atoms with Gasteiger partial charge in [0.1, 0.15) is 0 Å². The van der Waals surface area contributed by atoms with Gasteiger partial charge in [-0.2, -0.15) is 0 Å². The molecule has 118 valence electrons. The second-order valence-electron chi connectivity index (χ2n) is 5.46. The molecule has 0 unspecified atom stereocenters. The van der Waals surface area contributed by atoms with E-state index in [4.69, 9.17) is 0 Å². The number of nitrogens with zero attached hydrogens (tertiary/aromatic N) is 4. The molecular formula is C15H21N5OS. The van der Waals surface area contributed by atoms with Crippen LogP contribution in [0.25, 0.3) is 0 Å². The summed E-state index contributed by atoms with van der Waals surface area (Å²) in [5.74, 6) is 1.34. The number of aromatic nitrogens is 4. The topological polar surface area (TPSA) is 64.7 Å². The first-order valence-electron chi connectivity index (χ1n) is 7.78. The highest BCUT2D eigenvalue weighted by atomic mass is 32.2. The molecule has 1 aliphatic rings. The zero-order chi connectivity index (χ0) is 15.4. The molecule has 0 radical (unpaired) electrons. The average molecular weight is 319 g/mol. The lowest BCUT2D eigenvalue weighted by Crippen LogP contribution is -2.33. The van der Waals surface area contributed by atoms with E-state index >= 15 is 0 Å². The number of hydrogen-bond acceptors (Lipinski definition) is 4. The standard InChI is InChI=1S/C15H21N5OS/c1-2-13-17-18-15(20(13)19-9-5-6-10-19)22-11-14(21)16-12-7-3-4-8-12/h5-6,9-10,12H,2-4,7-8,11H2,1H3,(H,16,21). The molecule has 1 N–H and O–H groups in total. The minimum Gasteiger partial charge on any atom is -0.353 e. The van der Waals surface area contributed by atoms with Crippen molar-refractivity contribution >= 4 is 17.7 Å². The molecule has 1 saturated carbocycles. The summed E-state index contributed by atoms with van der Waals surface area (Å²) in [6, 6.07) is 4.28. The number of amides is 1. The molecule has 2 heterocycles. The number of carbonyl (C=O) groups is 1. The molecule has 0 aromatic carbocycles. The molecule has 3 rings (SSSR count). The summed E-state index contributed by atoms with van der Waals surface area (Å²) in [6.45, 7) is 2.05. The van der Waals surface area contributed by atoms with E-state index in [-0.39, 0.29) is 5.91 Å². The minimum atomic E-state index is 0.0806. The quantitative estimate of drug-likeness (QED) is 0.828. The summed E-state index contributed by atoms with van der Waals surface area (Å²) in [4.78, 5) is 12.1. The number of carbonyl (C=O) groups excluding carboxylic acids is 1. The Kier molecular flexibility index (Phi) is 4.82. The van der Waals surface area contributed by atoms with Crippen LogP contribution < -0.4 is 5.32 Å². The summed E-state index contributed by atoms with van der Waals surface area (Å²) in [7, 11) is 0. The van der Waals surface area contributed by atoms with Crippen LogP contribution >= 0.6 is 11.8 Å². The number of hydrogen-bond donors (Lipinski definition) is 1. The SMILES string of the molecule is CCc1nnc(SCC(=O)NC2CCCC2)n1-n1cccc1. The predicted octanol–water partition coefficient (Wildman–Crippen LogP) is 2.10. The van der Waals surface area contributed by atoms with E-state index in [1.807, 2.05) is 40.8 Å². The Morgan fingerprint density at radius 3 is 2.73 bits per heavy atom. The highest BCUT2D eigenvalue weighted by Crippen LogP contribution is 2.20. The zero-order valence-corrected chi connectivity index (χ0v) is 13.6. The lowest BCUT2D eigenvalue weighted by atomic mass is 10.2. The summed E-state index contributed by atoms with van der Waals surface area (Å²) in [5.41, 5.74) is 0. The third-order valence-electron chi connectivity index (χ3n) is 3.87. The lowest BCUT2D eigenvalue weighted by molar-refractivity contribution is -0.119. The first-order valence-corrected chi connectivity index (χ1v) is 8.76. The fourth-order valence-corrected chi connectivity index (χ4v) is 3.53. The van der Waals surface area contributed by atoms with Gasteiger partial charge in [-0.05, 0) is 25.0 Å². The van der Waals surface area contributed by atoms with Gasteiger partial charge in [-0.25, -0.2) is 4.68 Å². The van der Waals surface area contributed by atoms with E-state index in [1.165, 1.54) is 24.6 Å². The van der Waals surface area contributed by atoms with Gasteiger partial charge in [0.15, 0.2) is 5.82 Å². The molecule has 0 aliphatic heterocycles. The van der Waals surface area contributed by atoms with Crippen molar-refractivity contribution < 1.29 is 4.79 Å². The Morgan fingerprint density at radius 2 is 2.05 bits per heavy atom. The maximum Gasteiger partial charge on any atom is 0.230 e. The molecule has 0 atom stereocenters. The molecule has 7 heteroatoms. The summed E-state index contributed by atoms with van der Waals surface area (Å²) >= 11 is 1.43. The van der Waals surface area contributed by atoms with Crippen molar-refractivity contribution in [2.45, 2.75) is 50.2 Å². The van der Waals surface area contributed by atoms with Crippen molar-refractivity contribution in [3.8, 4) is 0 Å². The largest absolute Gasteiger partial charge is 0.353 e. The van der Waals surface area contributed by atoms with Crippen LogP contribution in [-0.4, -0.2) is 37.3 Å². The van der Waals surface area contributed by atoms with Crippen LogP contribution in [0.4, 0.5) is 0 Å². The monoisotopic (exact) mass is 319 g/mol. The van der Waals surface area contributed by atoms with Gasteiger partial charge in [0.05, 0.1) is 5.75 Å². The van der Waals surface area contributed by atoms with Gasteiger partial charge in [0.2, 0.25) is 11.1 Å². The van der Waals surface area contributed by atoms with E-state index in [0.29, 0.717) is 11.8 Å². The van der Waals surface area contributed by atoms with Gasteiger partial charge in [-0.15, -0.1) is 10.2 Å². The average Bonchev–Trinajstić information content (AvgIpc) is 3.25. The van der Waals surface area contributed by atoms with Gasteiger partial charge in [-0.3, -0.25) is 9.47 Å². The van der Waals surface area contributed by atoms with Gasteiger partial charge < -0.3 is 5.32 Å². The summed E-state index contributed by atoms with van der Waals surface area (Å²) < 4.78 is 3.89. The van der Waals surface area contributed by atoms with Crippen molar-refractivity contribution in [2.75, 3.05) is 5.75 Å². The molecular weight excluding hydrogens is 298 g/mol. The Bertz CT molecular complexity index is 616. The van der Waals surface area contributed by atoms with Crippen LogP contribution in [-0.2, 0) is 11.2 Å². The van der Waals surface area contributed by atoms with Crippen molar-refractivity contribution in [1.29, 1.82) is 0 Å². The fourth-order valence-electron chi connectivity index (χ4n) is 2.77. The van der Waals surface area contributed by atoms with E-state index in [2.05, 4.69) is 15.5 Å². The molecule has 22 heavy (non-hydrogen) atoms. The second-order valence-corrected chi connectivity index (χ2v) is 6.41. The highest BCUT2D eigenvalue weighted by molar-refractivity contribution is 7.99. The minimum absolute atomic E-state index is 0.0806. The van der Waals surface area contributed by atoms with Crippen LogP contribution in [0.1, 0.15) is 38.4 Å². The molecule has 0 saturated heterocycles. The first-order chi connectivity index (χ1) is 10.8. The van der Waals surface area contributed by atoms with Crippen molar-refractivity contribution in [2.24, 2.45) is 0 Å². The van der Waals surface area contributed by atoms with Crippen LogP contribution in [0.2, 0.25) is 0 Å². The molecule has 0 bridgehead atoms. The molecule has 6 nitrogen and oxygen atoms in total. The Labute approximate surface area is 134 Å². The van der Waals surface area contributed by atoms with Crippen molar-refractivity contribution in [3.05, 3.63) is 30.4 Å². The van der Waals surface area contributed by atoms with Crippen LogP contribution in [0, 0.1) is 0 Å². The Hall–Kier alpha value is -1.76. The first kappa shape index (κ1) is 15.1. The van der Waals surface area contributed by atoms with Gasteiger partial charge >= 0.3 is 0 Å². The Morgan fingerprint density at radius 1 is 1.32 bits per heavy atom. The molecule has 0 spiro atoms. The number of aryl methyl sites for hydroxylation is 1. The molecule has 1 fully saturated rings. The normalized spacial score (nSPS) is 15.3. The predicted molar refractivity (Wildman–Crippen MR) is 85.8 cm³/mol. The summed E-state index contributed by atoms with van der Waals surface area (Å²) in [5, 5.41) is 12.3. The molecule has 1 amide bonds. The van der Waals surface area contributed by atoms with Gasteiger partial charge in [0.25, 0.3) is 0 Å². The number of nitrogens with one attached hydrogen (secondary N) is 1. The van der Waals surface area contributed by atoms with Crippen LogP contribution in [0.3, 0.4) is 0 Å². The second kappa shape index (κ2) is 7.00. The molecule has 1 aliphatic carbocycles. The maximum absolute atomic E-state index is 12.1. The van der Waals surface area contributed by atoms with E-state index in [9.17, 15) is 4.79 Å². The van der Waals surface area contributed by atoms with E-state index in [0.717, 1.165) is 30.2 Å². The summed E-state index contributed by atoms with van der Waals surface area (Å²) in [6.07, 6.45) is 9.35. The van der Waals surface area contributed by atoms with Crippen LogP contribution in [0.5, 0.6) is 0 Å². The number of thioether (sulfide) groups is 1. The van der Waals surface area contributed by atoms with Crippen molar-refractivity contribution in [1.82, 2.24) is 24.9 Å². The molecule has 2 aromatic rings. The smallest absolute Gasteiger partial charge is 0.230 e. The Balaban J connectivity index is 1.65. The number of rotatable bonds is 6. The molecule has 2 aromatic heterocycles. The van der Waals surface area contributed by atoms with E-state index < -0.39 is 0 Å². The van der Waals surface area contributed by atoms with Crippen LogP contribution in [0.15, 0.2) is 29.7 Å². The van der Waals surface area contributed by atoms with E-state index in [1.54, 1.807) is 0 Å². The van der Waals surface area contributed by atoms with Crippen molar-refractivity contribution in [3.63, 3.8) is 0 Å². The lowest BCUT2D eigenvalue weighted by Gasteiger charge is -2.12. The third kappa shape index (κ3) is 3.35. The third-order valence-corrected chi connectivity index (χ3v) is 4.78. The van der Waals surface area contributed by atoms with Gasteiger partial charge in [-0.1, -0.05) is 31.5 Å². The maximum atomic E-state index is 12.1. The zero-order valence-electron chi connectivity index (χ0n) is 12.7. The van der Waals surface area contributed by atoms with Gasteiger partial charge in [0, 0.05) is 24.9 Å².